The summed E-state index contributed by atoms with van der Waals surface area (Å²) in [7, 11) is 4.29. The Morgan fingerprint density at radius 2 is 0.970 bits per heavy atom. The summed E-state index contributed by atoms with van der Waals surface area (Å²) in [6.07, 6.45) is 12.7. The summed E-state index contributed by atoms with van der Waals surface area (Å²) in [4.78, 5) is 22.8. The van der Waals surface area contributed by atoms with Gasteiger partial charge in [-0.2, -0.15) is 0 Å². The molecule has 0 amide bonds. The Hall–Kier alpha value is -5.00. The van der Waals surface area contributed by atoms with Gasteiger partial charge in [0.25, 0.3) is 0 Å². The average Bonchev–Trinajstić information content (AvgIpc) is 4.21. The van der Waals surface area contributed by atoms with E-state index in [4.69, 9.17) is 19.9 Å². The van der Waals surface area contributed by atoms with Crippen molar-refractivity contribution in [2.45, 2.75) is 115 Å². The minimum atomic E-state index is -0.345. The fourth-order valence-electron chi connectivity index (χ4n) is 12.3. The van der Waals surface area contributed by atoms with Crippen molar-refractivity contribution in [1.82, 2.24) is 29.1 Å². The number of hydrogen-bond acceptors (Lipinski definition) is 8. The minimum Gasteiger partial charge on any atom is -0.388 e. The number of aliphatic hydroxyl groups is 2. The van der Waals surface area contributed by atoms with Gasteiger partial charge in [0.15, 0.2) is 0 Å². The predicted octanol–water partition coefficient (Wildman–Crippen LogP) is 12.2. The molecule has 8 nitrogen and oxygen atoms in total. The Kier molecular flexibility index (Phi) is 12.0. The lowest BCUT2D eigenvalue weighted by Crippen LogP contribution is -2.10. The third-order valence-electron chi connectivity index (χ3n) is 15.6. The second kappa shape index (κ2) is 18.2. The first-order valence-electron chi connectivity index (χ1n) is 24.4. The van der Waals surface area contributed by atoms with Gasteiger partial charge in [-0.15, -0.1) is 22.7 Å². The maximum atomic E-state index is 10.8. The lowest BCUT2D eigenvalue weighted by atomic mass is 9.91. The number of imidazole rings is 2. The van der Waals surface area contributed by atoms with E-state index in [0.717, 1.165) is 108 Å². The molecular formula is C56H62N6O2S2. The Balaban J connectivity index is 0.000000146. The molecule has 4 heterocycles. The van der Waals surface area contributed by atoms with E-state index >= 15 is 0 Å². The summed E-state index contributed by atoms with van der Waals surface area (Å²) in [6, 6.07) is 33.9. The van der Waals surface area contributed by atoms with Crippen LogP contribution in [0.3, 0.4) is 0 Å². The highest BCUT2D eigenvalue weighted by molar-refractivity contribution is 7.12. The maximum absolute atomic E-state index is 10.8. The minimum absolute atomic E-state index is 0.320. The number of aromatic nitrogens is 6. The van der Waals surface area contributed by atoms with Crippen LogP contribution in [0.15, 0.2) is 97.1 Å². The topological polar surface area (TPSA) is 102 Å². The van der Waals surface area contributed by atoms with Crippen LogP contribution in [0.2, 0.25) is 0 Å². The van der Waals surface area contributed by atoms with Gasteiger partial charge in [0.05, 0.1) is 67.5 Å². The third kappa shape index (κ3) is 8.48. The summed E-state index contributed by atoms with van der Waals surface area (Å²) in [5.41, 5.74) is 12.0. The molecule has 8 atom stereocenters. The Morgan fingerprint density at radius 1 is 0.545 bits per heavy atom. The summed E-state index contributed by atoms with van der Waals surface area (Å²) in [6.45, 7) is 4.21. The Bertz CT molecular complexity index is 2780. The van der Waals surface area contributed by atoms with Crippen LogP contribution in [0.5, 0.6) is 0 Å². The Labute approximate surface area is 396 Å². The molecule has 0 saturated heterocycles. The molecule has 66 heavy (non-hydrogen) atoms. The van der Waals surface area contributed by atoms with Gasteiger partial charge >= 0.3 is 0 Å². The van der Waals surface area contributed by atoms with Crippen molar-refractivity contribution in [2.24, 2.45) is 37.8 Å². The van der Waals surface area contributed by atoms with E-state index in [1.165, 1.54) is 56.1 Å². The number of thiazole rings is 2. The molecule has 12 rings (SSSR count). The van der Waals surface area contributed by atoms with Gasteiger partial charge in [-0.05, 0) is 161 Å². The number of aliphatic hydroxyl groups excluding tert-OH is 2. The van der Waals surface area contributed by atoms with Crippen molar-refractivity contribution in [3.05, 3.63) is 162 Å². The van der Waals surface area contributed by atoms with Crippen LogP contribution >= 0.6 is 22.7 Å². The van der Waals surface area contributed by atoms with E-state index in [1.54, 1.807) is 0 Å². The first-order chi connectivity index (χ1) is 32.1. The van der Waals surface area contributed by atoms with Crippen molar-refractivity contribution in [1.29, 1.82) is 0 Å². The van der Waals surface area contributed by atoms with E-state index in [2.05, 4.69) is 73.5 Å². The van der Waals surface area contributed by atoms with Crippen LogP contribution in [0.4, 0.5) is 0 Å². The van der Waals surface area contributed by atoms with E-state index in [1.807, 2.05) is 83.3 Å². The van der Waals surface area contributed by atoms with E-state index in [-0.39, 0.29) is 12.2 Å². The van der Waals surface area contributed by atoms with Gasteiger partial charge in [0, 0.05) is 23.8 Å². The number of fused-ring (bicyclic) bond motifs is 4. The summed E-state index contributed by atoms with van der Waals surface area (Å²) >= 11 is 3.69. The van der Waals surface area contributed by atoms with Gasteiger partial charge in [0.1, 0.15) is 11.6 Å². The number of nitrogens with zero attached hydrogens (tertiary/aromatic N) is 6. The second-order valence-corrected chi connectivity index (χ2v) is 22.5. The van der Waals surface area contributed by atoms with Crippen molar-refractivity contribution >= 4 is 44.7 Å². The van der Waals surface area contributed by atoms with Crippen molar-refractivity contribution in [2.75, 3.05) is 0 Å². The van der Waals surface area contributed by atoms with E-state index in [9.17, 15) is 10.2 Å². The standard InChI is InChI=1S/2C28H31N3OS/c2*1-17-29-26-22(11-13-25(26)33-17)28-30-23-16-19(9-12-24(23)31(28)2)14-18-8-10-21(15-18)27(32)20-6-4-3-5-7-20/h2*3-7,9,12,16,18,21-22,27,32H,8,10-11,13-15H2,1-2H3/t18?,21-,22+,27+;18?,21-,22-,27+/m00/s1. The normalized spacial score (nSPS) is 23.3. The molecular weight excluding hydrogens is 853 g/mol. The van der Waals surface area contributed by atoms with Crippen LogP contribution in [0, 0.1) is 37.5 Å². The highest BCUT2D eigenvalue weighted by Crippen LogP contribution is 2.45. The van der Waals surface area contributed by atoms with Crippen LogP contribution in [0.25, 0.3) is 22.1 Å². The molecule has 0 radical (unpaired) electrons. The number of aryl methyl sites for hydroxylation is 6. The summed E-state index contributed by atoms with van der Waals surface area (Å²) in [5, 5.41) is 24.0. The SMILES string of the molecule is Cc1nc2c(s1)CC[C@@H]2c1nc2cc(CC3CC[C@H]([C@H](O)c4ccccc4)C3)ccc2n1C.Cc1nc2c(s1)CC[C@H]2c1nc2cc(CC3CC[C@H]([C@H](O)c4ccccc4)C3)ccc2n1C. The first-order valence-corrected chi connectivity index (χ1v) is 26.1. The monoisotopic (exact) mass is 914 g/mol. The zero-order chi connectivity index (χ0) is 45.1. The van der Waals surface area contributed by atoms with Gasteiger partial charge in [-0.1, -0.05) is 72.8 Å². The lowest BCUT2D eigenvalue weighted by Gasteiger charge is -2.18. The average molecular weight is 915 g/mol. The zero-order valence-electron chi connectivity index (χ0n) is 38.7. The summed E-state index contributed by atoms with van der Waals surface area (Å²) < 4.78 is 4.55. The van der Waals surface area contributed by atoms with Crippen LogP contribution in [0.1, 0.15) is 140 Å². The molecule has 0 aliphatic heterocycles. The quantitative estimate of drug-likeness (QED) is 0.142. The largest absolute Gasteiger partial charge is 0.388 e. The highest BCUT2D eigenvalue weighted by Gasteiger charge is 2.35. The smallest absolute Gasteiger partial charge is 0.118 e. The number of benzene rings is 4. The molecule has 2 N–H and O–H groups in total. The number of hydrogen-bond donors (Lipinski definition) is 2. The van der Waals surface area contributed by atoms with Crippen molar-refractivity contribution < 1.29 is 10.2 Å². The van der Waals surface area contributed by atoms with E-state index < -0.39 is 0 Å². The van der Waals surface area contributed by atoms with Gasteiger partial charge in [0.2, 0.25) is 0 Å². The molecule has 2 fully saturated rings. The second-order valence-electron chi connectivity index (χ2n) is 20.0. The molecule has 0 spiro atoms. The van der Waals surface area contributed by atoms with Crippen molar-refractivity contribution in [3.63, 3.8) is 0 Å². The molecule has 4 aliphatic carbocycles. The molecule has 2 saturated carbocycles. The molecule has 10 heteroatoms. The van der Waals surface area contributed by atoms with Crippen molar-refractivity contribution in [3.8, 4) is 0 Å². The fraction of sp³-hybridized carbons (Fsp3) is 0.429. The fourth-order valence-corrected chi connectivity index (χ4v) is 14.3. The first kappa shape index (κ1) is 43.6. The zero-order valence-corrected chi connectivity index (χ0v) is 40.4. The molecule has 2 unspecified atom stereocenters. The van der Waals surface area contributed by atoms with Crippen LogP contribution < -0.4 is 0 Å². The highest BCUT2D eigenvalue weighted by atomic mass is 32.1. The molecule has 4 aromatic carbocycles. The van der Waals surface area contributed by atoms with Crippen LogP contribution in [-0.4, -0.2) is 39.3 Å². The lowest BCUT2D eigenvalue weighted by molar-refractivity contribution is 0.109. The summed E-state index contributed by atoms with van der Waals surface area (Å²) in [5.74, 6) is 4.92. The van der Waals surface area contributed by atoms with Gasteiger partial charge in [-0.3, -0.25) is 0 Å². The molecule has 0 bridgehead atoms. The van der Waals surface area contributed by atoms with Gasteiger partial charge < -0.3 is 19.3 Å². The molecule has 340 valence electrons. The van der Waals surface area contributed by atoms with Gasteiger partial charge in [-0.25, -0.2) is 19.9 Å². The Morgan fingerprint density at radius 3 is 1.39 bits per heavy atom. The number of rotatable bonds is 10. The van der Waals surface area contributed by atoms with Crippen LogP contribution in [-0.2, 0) is 39.8 Å². The maximum Gasteiger partial charge on any atom is 0.118 e. The predicted molar refractivity (Wildman–Crippen MR) is 267 cm³/mol. The van der Waals surface area contributed by atoms with E-state index in [0.29, 0.717) is 35.5 Å². The third-order valence-corrected chi connectivity index (χ3v) is 17.7. The molecule has 8 aromatic rings. The molecule has 4 aliphatic rings. The molecule has 4 aromatic heterocycles.